The van der Waals surface area contributed by atoms with E-state index in [1.807, 2.05) is 0 Å². The second-order valence-electron chi connectivity index (χ2n) is 15.1. The van der Waals surface area contributed by atoms with E-state index in [-0.39, 0.29) is 90.1 Å². The van der Waals surface area contributed by atoms with Crippen molar-refractivity contribution in [3.8, 4) is 33.4 Å². The second kappa shape index (κ2) is 28.5. The van der Waals surface area contributed by atoms with Gasteiger partial charge in [0.1, 0.15) is 34.2 Å². The third-order valence-corrected chi connectivity index (χ3v) is 9.46. The summed E-state index contributed by atoms with van der Waals surface area (Å²) < 4.78 is 0. The summed E-state index contributed by atoms with van der Waals surface area (Å²) >= 11 is 0. The van der Waals surface area contributed by atoms with Gasteiger partial charge in [0.05, 0.1) is 0 Å². The van der Waals surface area contributed by atoms with Gasteiger partial charge in [0.2, 0.25) is 17.7 Å². The van der Waals surface area contributed by atoms with Crippen LogP contribution in [0.25, 0.3) is 33.4 Å². The van der Waals surface area contributed by atoms with Crippen molar-refractivity contribution < 1.29 is 96.6 Å². The summed E-state index contributed by atoms with van der Waals surface area (Å²) in [6.45, 7) is 10.8. The van der Waals surface area contributed by atoms with E-state index in [1.54, 1.807) is 93.6 Å². The molecule has 0 radical (unpaired) electrons. The molecular formula is C51H51DyN9O12. The smallest absolute Gasteiger partial charge is 0.354 e. The molecule has 3 aromatic carbocycles. The van der Waals surface area contributed by atoms with Crippen molar-refractivity contribution in [2.24, 2.45) is 0 Å². The van der Waals surface area contributed by atoms with E-state index < -0.39 is 35.6 Å². The van der Waals surface area contributed by atoms with Crippen molar-refractivity contribution in [2.75, 3.05) is 35.6 Å². The standard InChI is InChI=1S/3C17H17N3O4.Dy/c3*1-3-18-16(22)14-8-12(9-15(20-14)17(23)24)11-4-6-13(7-5-11)19-10(2)21;/h3*4-9H,3H2,1-2H3,(H,18,22)(H,19,21)(H,23,24);. The largest absolute Gasteiger partial charge is 0.477 e. The van der Waals surface area contributed by atoms with Crippen LogP contribution in [0.15, 0.2) is 109 Å². The minimum absolute atomic E-state index is 0. The summed E-state index contributed by atoms with van der Waals surface area (Å²) in [5, 5.41) is 43.3. The van der Waals surface area contributed by atoms with E-state index in [2.05, 4.69) is 46.9 Å². The molecule has 6 amide bonds. The molecule has 0 bridgehead atoms. The maximum Gasteiger partial charge on any atom is 0.354 e. The van der Waals surface area contributed by atoms with Crippen LogP contribution in [0.1, 0.15) is 104 Å². The number of aromatic carboxylic acids is 3. The molecule has 0 atom stereocenters. The molecule has 22 heteroatoms. The molecule has 9 N–H and O–H groups in total. The van der Waals surface area contributed by atoms with Gasteiger partial charge < -0.3 is 47.2 Å². The van der Waals surface area contributed by atoms with Crippen LogP contribution in [0.5, 0.6) is 0 Å². The Balaban J connectivity index is 0.000000287. The topological polar surface area (TPSA) is 325 Å². The third kappa shape index (κ3) is 18.4. The Morgan fingerprint density at radius 3 is 0.740 bits per heavy atom. The fourth-order valence-corrected chi connectivity index (χ4v) is 6.37. The summed E-state index contributed by atoms with van der Waals surface area (Å²) in [6.07, 6.45) is 0. The van der Waals surface area contributed by atoms with Gasteiger partial charge in [-0.1, -0.05) is 36.4 Å². The fourth-order valence-electron chi connectivity index (χ4n) is 6.37. The summed E-state index contributed by atoms with van der Waals surface area (Å²) in [4.78, 5) is 114. The van der Waals surface area contributed by atoms with Crippen molar-refractivity contribution >= 4 is 70.4 Å². The molecule has 6 rings (SSSR count). The molecule has 6 aromatic rings. The van der Waals surface area contributed by atoms with Crippen molar-refractivity contribution in [1.82, 2.24) is 30.9 Å². The summed E-state index contributed by atoms with van der Waals surface area (Å²) in [6, 6.07) is 29.4. The normalized spacial score (nSPS) is 9.95. The number of rotatable bonds is 15. The first-order chi connectivity index (χ1) is 34.2. The summed E-state index contributed by atoms with van der Waals surface area (Å²) in [7, 11) is 0. The van der Waals surface area contributed by atoms with Gasteiger partial charge >= 0.3 is 17.9 Å². The number of nitrogens with zero attached hydrogens (tertiary/aromatic N) is 3. The number of benzene rings is 3. The Hall–Kier alpha value is -8.39. The SMILES string of the molecule is CCNC(=O)c1cc(-c2ccc(NC(C)=O)cc2)cc(C(=O)O)n1.CCNC(=O)c1cc(-c2ccc(NC(C)=O)cc2)cc(C(=O)O)n1.CCNC(=O)c1cc(-c2ccc(NC(C)=O)cc2)cc(C(=O)O)n1.[Dy]. The van der Waals surface area contributed by atoms with E-state index in [4.69, 9.17) is 0 Å². The first-order valence-electron chi connectivity index (χ1n) is 22.0. The Bertz CT molecular complexity index is 2680. The molecule has 73 heavy (non-hydrogen) atoms. The number of carbonyl (C=O) groups is 9. The minimum Gasteiger partial charge on any atom is -0.477 e. The predicted molar refractivity (Wildman–Crippen MR) is 267 cm³/mol. The first kappa shape index (κ1) is 58.9. The number of carboxylic acids is 3. The van der Waals surface area contributed by atoms with Gasteiger partial charge in [-0.15, -0.1) is 0 Å². The molecule has 0 aliphatic rings. The molecule has 0 aliphatic heterocycles. The molecule has 0 aliphatic carbocycles. The monoisotopic (exact) mass is 1150 g/mol. The number of hydrogen-bond acceptors (Lipinski definition) is 12. The summed E-state index contributed by atoms with van der Waals surface area (Å²) in [5.41, 5.74) is 5.16. The van der Waals surface area contributed by atoms with E-state index in [0.717, 1.165) is 0 Å². The Kier molecular flexibility index (Phi) is 23.0. The van der Waals surface area contributed by atoms with E-state index >= 15 is 0 Å². The quantitative estimate of drug-likeness (QED) is 0.0532. The molecule has 0 fully saturated rings. The number of carboxylic acid groups (broad SMARTS) is 3. The Labute approximate surface area is 449 Å². The molecule has 3 aromatic heterocycles. The number of carbonyl (C=O) groups excluding carboxylic acids is 6. The zero-order chi connectivity index (χ0) is 53.1. The molecule has 0 spiro atoms. The number of anilines is 3. The van der Waals surface area contributed by atoms with Gasteiger partial charge in [0.15, 0.2) is 0 Å². The van der Waals surface area contributed by atoms with Crippen LogP contribution in [0.4, 0.5) is 17.1 Å². The van der Waals surface area contributed by atoms with Gasteiger partial charge in [-0.2, -0.15) is 0 Å². The number of aromatic nitrogens is 3. The molecule has 382 valence electrons. The van der Waals surface area contributed by atoms with Crippen LogP contribution in [0.3, 0.4) is 0 Å². The maximum absolute atomic E-state index is 12.0. The van der Waals surface area contributed by atoms with Gasteiger partial charge in [-0.25, -0.2) is 29.3 Å². The van der Waals surface area contributed by atoms with Crippen LogP contribution >= 0.6 is 0 Å². The van der Waals surface area contributed by atoms with Crippen molar-refractivity contribution in [3.63, 3.8) is 0 Å². The van der Waals surface area contributed by atoms with Crippen molar-refractivity contribution in [3.05, 3.63) is 143 Å². The van der Waals surface area contributed by atoms with E-state index in [1.165, 1.54) is 57.2 Å². The zero-order valence-corrected chi connectivity index (χ0v) is 42.2. The Morgan fingerprint density at radius 2 is 0.562 bits per heavy atom. The molecule has 3 heterocycles. The molecule has 0 saturated carbocycles. The van der Waals surface area contributed by atoms with Crippen LogP contribution in [-0.2, 0) is 14.4 Å². The average molecular weight is 1140 g/mol. The molecule has 0 unspecified atom stereocenters. The van der Waals surface area contributed by atoms with Crippen molar-refractivity contribution in [2.45, 2.75) is 41.5 Å². The van der Waals surface area contributed by atoms with Crippen LogP contribution in [-0.4, -0.2) is 103 Å². The number of hydrogen-bond donors (Lipinski definition) is 9. The zero-order valence-electron chi connectivity index (χ0n) is 40.2. The van der Waals surface area contributed by atoms with Gasteiger partial charge in [-0.05, 0) is 127 Å². The first-order valence-corrected chi connectivity index (χ1v) is 22.0. The van der Waals surface area contributed by atoms with Gasteiger partial charge in [-0.3, -0.25) is 28.8 Å². The minimum atomic E-state index is -1.21. The number of amides is 6. The summed E-state index contributed by atoms with van der Waals surface area (Å²) in [5.74, 6) is -5.48. The van der Waals surface area contributed by atoms with Gasteiger partial charge in [0, 0.05) is 95.6 Å². The molecular weight excluding hydrogens is 1090 g/mol. The van der Waals surface area contributed by atoms with Crippen molar-refractivity contribution in [1.29, 1.82) is 0 Å². The van der Waals surface area contributed by atoms with Crippen LogP contribution in [0.2, 0.25) is 0 Å². The number of pyridine rings is 3. The van der Waals surface area contributed by atoms with E-state index in [9.17, 15) is 58.5 Å². The maximum atomic E-state index is 12.0. The van der Waals surface area contributed by atoms with Crippen LogP contribution < -0.4 is 31.9 Å². The fraction of sp³-hybridized carbons (Fsp3) is 0.176. The number of nitrogens with one attached hydrogen (secondary N) is 6. The van der Waals surface area contributed by atoms with Crippen LogP contribution in [0, 0.1) is 38.2 Å². The van der Waals surface area contributed by atoms with Gasteiger partial charge in [0.25, 0.3) is 17.7 Å². The Morgan fingerprint density at radius 1 is 0.356 bits per heavy atom. The predicted octanol–water partition coefficient (Wildman–Crippen LogP) is 6.46. The second-order valence-corrected chi connectivity index (χ2v) is 15.1. The van der Waals surface area contributed by atoms with E-state index in [0.29, 0.717) is 70.1 Å². The molecule has 0 saturated heterocycles. The average Bonchev–Trinajstić information content (AvgIpc) is 3.34. The molecule has 21 nitrogen and oxygen atoms in total. The third-order valence-electron chi connectivity index (χ3n) is 9.46.